The molecule has 4 nitrogen and oxygen atoms in total. The van der Waals surface area contributed by atoms with Gasteiger partial charge < -0.3 is 10.8 Å². The van der Waals surface area contributed by atoms with Crippen molar-refractivity contribution < 1.29 is 5.11 Å². The zero-order valence-electron chi connectivity index (χ0n) is 9.22. The highest BCUT2D eigenvalue weighted by atomic mass is 16.3. The average molecular weight is 217 g/mol. The number of aliphatic hydroxyl groups excluding tert-OH is 1. The molecule has 16 heavy (non-hydrogen) atoms. The summed E-state index contributed by atoms with van der Waals surface area (Å²) in [6, 6.07) is 8.06. The predicted molar refractivity (Wildman–Crippen MR) is 61.8 cm³/mol. The van der Waals surface area contributed by atoms with Crippen molar-refractivity contribution >= 4 is 10.9 Å². The molecular formula is C12H15N3O. The van der Waals surface area contributed by atoms with Crippen LogP contribution in [0, 0.1) is 0 Å². The maximum absolute atomic E-state index is 9.41. The van der Waals surface area contributed by atoms with Crippen molar-refractivity contribution in [2.24, 2.45) is 12.8 Å². The summed E-state index contributed by atoms with van der Waals surface area (Å²) in [5.74, 6) is 0. The zero-order chi connectivity index (χ0) is 11.3. The van der Waals surface area contributed by atoms with E-state index in [0.29, 0.717) is 12.8 Å². The number of aliphatic hydroxyl groups is 1. The number of nitrogens with zero attached hydrogens (tertiary/aromatic N) is 2. The highest BCUT2D eigenvalue weighted by Crippen LogP contribution is 2.41. The van der Waals surface area contributed by atoms with E-state index < -0.39 is 5.54 Å². The van der Waals surface area contributed by atoms with E-state index in [2.05, 4.69) is 5.10 Å². The van der Waals surface area contributed by atoms with E-state index in [0.717, 1.165) is 16.6 Å². The molecule has 0 amide bonds. The number of hydrogen-bond acceptors (Lipinski definition) is 3. The Bertz CT molecular complexity index is 540. The number of rotatable bonds is 1. The van der Waals surface area contributed by atoms with Crippen LogP contribution in [-0.4, -0.2) is 21.0 Å². The first-order chi connectivity index (χ1) is 7.60. The molecular weight excluding hydrogens is 202 g/mol. The number of nitrogens with two attached hydrogens (primary N) is 1. The van der Waals surface area contributed by atoms with E-state index in [4.69, 9.17) is 5.73 Å². The van der Waals surface area contributed by atoms with Gasteiger partial charge in [0.2, 0.25) is 0 Å². The molecule has 1 heterocycles. The van der Waals surface area contributed by atoms with Gasteiger partial charge in [0, 0.05) is 12.4 Å². The lowest BCUT2D eigenvalue weighted by molar-refractivity contribution is 0.0192. The van der Waals surface area contributed by atoms with Crippen molar-refractivity contribution in [2.45, 2.75) is 24.5 Å². The van der Waals surface area contributed by atoms with Gasteiger partial charge in [-0.3, -0.25) is 4.68 Å². The van der Waals surface area contributed by atoms with Crippen LogP contribution in [0.25, 0.3) is 10.9 Å². The highest BCUT2D eigenvalue weighted by Gasteiger charge is 2.44. The number of para-hydroxylation sites is 1. The molecule has 0 radical (unpaired) electrons. The van der Waals surface area contributed by atoms with Crippen LogP contribution in [0.3, 0.4) is 0 Å². The molecule has 0 saturated heterocycles. The van der Waals surface area contributed by atoms with Crippen molar-refractivity contribution in [2.75, 3.05) is 0 Å². The number of hydrogen-bond donors (Lipinski definition) is 2. The van der Waals surface area contributed by atoms with Crippen molar-refractivity contribution in [3.63, 3.8) is 0 Å². The lowest BCUT2D eigenvalue weighted by atomic mass is 9.72. The van der Waals surface area contributed by atoms with Crippen LogP contribution in [-0.2, 0) is 12.6 Å². The third kappa shape index (κ3) is 1.20. The standard InChI is InChI=1S/C12H15N3O/c1-15-10-5-3-2-4-9(10)11(14-15)12(13)6-8(16)7-12/h2-5,8,16H,6-7,13H2,1H3. The van der Waals surface area contributed by atoms with Crippen LogP contribution in [0.5, 0.6) is 0 Å². The van der Waals surface area contributed by atoms with Gasteiger partial charge in [0.15, 0.2) is 0 Å². The Labute approximate surface area is 93.7 Å². The second-order valence-corrected chi connectivity index (χ2v) is 4.71. The molecule has 1 aliphatic rings. The van der Waals surface area contributed by atoms with E-state index in [1.54, 1.807) is 0 Å². The zero-order valence-corrected chi connectivity index (χ0v) is 9.22. The molecule has 84 valence electrons. The average Bonchev–Trinajstić information content (AvgIpc) is 2.55. The Kier molecular flexibility index (Phi) is 1.87. The first-order valence-electron chi connectivity index (χ1n) is 5.49. The molecule has 1 aromatic carbocycles. The normalized spacial score (nSPS) is 29.3. The Morgan fingerprint density at radius 2 is 2.12 bits per heavy atom. The second kappa shape index (κ2) is 3.06. The quantitative estimate of drug-likeness (QED) is 0.745. The first kappa shape index (κ1) is 9.81. The topological polar surface area (TPSA) is 64.1 Å². The molecule has 2 aromatic rings. The van der Waals surface area contributed by atoms with E-state index in [-0.39, 0.29) is 6.10 Å². The summed E-state index contributed by atoms with van der Waals surface area (Å²) >= 11 is 0. The predicted octanol–water partition coefficient (Wildman–Crippen LogP) is 0.882. The Hall–Kier alpha value is -1.39. The molecule has 3 rings (SSSR count). The highest BCUT2D eigenvalue weighted by molar-refractivity contribution is 5.83. The molecule has 1 fully saturated rings. The minimum absolute atomic E-state index is 0.272. The summed E-state index contributed by atoms with van der Waals surface area (Å²) in [5, 5.41) is 15.0. The molecule has 0 spiro atoms. The second-order valence-electron chi connectivity index (χ2n) is 4.71. The van der Waals surface area contributed by atoms with Crippen molar-refractivity contribution in [1.29, 1.82) is 0 Å². The van der Waals surface area contributed by atoms with Gasteiger partial charge in [0.1, 0.15) is 0 Å². The Morgan fingerprint density at radius 1 is 1.44 bits per heavy atom. The number of aryl methyl sites for hydroxylation is 1. The summed E-state index contributed by atoms with van der Waals surface area (Å²) in [7, 11) is 1.92. The lowest BCUT2D eigenvalue weighted by Gasteiger charge is -2.41. The molecule has 0 aliphatic heterocycles. The number of fused-ring (bicyclic) bond motifs is 1. The van der Waals surface area contributed by atoms with Crippen molar-refractivity contribution in [1.82, 2.24) is 9.78 Å². The minimum atomic E-state index is -0.444. The van der Waals surface area contributed by atoms with Gasteiger partial charge in [0.25, 0.3) is 0 Å². The van der Waals surface area contributed by atoms with E-state index in [1.807, 2.05) is 36.0 Å². The first-order valence-corrected chi connectivity index (χ1v) is 5.49. The van der Waals surface area contributed by atoms with Crippen LogP contribution in [0.2, 0.25) is 0 Å². The molecule has 0 unspecified atom stereocenters. The SMILES string of the molecule is Cn1nc(C2(N)CC(O)C2)c2ccccc21. The smallest absolute Gasteiger partial charge is 0.0903 e. The molecule has 1 saturated carbocycles. The van der Waals surface area contributed by atoms with Crippen LogP contribution in [0.15, 0.2) is 24.3 Å². The van der Waals surface area contributed by atoms with Gasteiger partial charge in [-0.2, -0.15) is 5.10 Å². The van der Waals surface area contributed by atoms with E-state index in [9.17, 15) is 5.11 Å². The fourth-order valence-electron chi connectivity index (χ4n) is 2.56. The van der Waals surface area contributed by atoms with Crippen LogP contribution in [0.4, 0.5) is 0 Å². The van der Waals surface area contributed by atoms with Gasteiger partial charge in [-0.1, -0.05) is 18.2 Å². The maximum Gasteiger partial charge on any atom is 0.0903 e. The number of benzene rings is 1. The van der Waals surface area contributed by atoms with Gasteiger partial charge >= 0.3 is 0 Å². The molecule has 4 heteroatoms. The molecule has 1 aliphatic carbocycles. The van der Waals surface area contributed by atoms with Crippen LogP contribution >= 0.6 is 0 Å². The summed E-state index contributed by atoms with van der Waals surface area (Å²) in [6.07, 6.45) is 0.938. The van der Waals surface area contributed by atoms with Crippen molar-refractivity contribution in [3.05, 3.63) is 30.0 Å². The monoisotopic (exact) mass is 217 g/mol. The van der Waals surface area contributed by atoms with Gasteiger partial charge in [0.05, 0.1) is 22.9 Å². The largest absolute Gasteiger partial charge is 0.393 e. The van der Waals surface area contributed by atoms with E-state index >= 15 is 0 Å². The van der Waals surface area contributed by atoms with Crippen LogP contribution < -0.4 is 5.73 Å². The third-order valence-electron chi connectivity index (χ3n) is 3.43. The molecule has 3 N–H and O–H groups in total. The van der Waals surface area contributed by atoms with Gasteiger partial charge in [-0.25, -0.2) is 0 Å². The van der Waals surface area contributed by atoms with Gasteiger partial charge in [-0.15, -0.1) is 0 Å². The third-order valence-corrected chi connectivity index (χ3v) is 3.43. The molecule has 1 aromatic heterocycles. The minimum Gasteiger partial charge on any atom is -0.393 e. The Morgan fingerprint density at radius 3 is 2.81 bits per heavy atom. The summed E-state index contributed by atoms with van der Waals surface area (Å²) in [4.78, 5) is 0. The maximum atomic E-state index is 9.41. The fraction of sp³-hybridized carbons (Fsp3) is 0.417. The summed E-state index contributed by atoms with van der Waals surface area (Å²) < 4.78 is 1.85. The molecule has 0 bridgehead atoms. The molecule has 0 atom stereocenters. The van der Waals surface area contributed by atoms with Gasteiger partial charge in [-0.05, 0) is 18.9 Å². The van der Waals surface area contributed by atoms with E-state index in [1.165, 1.54) is 0 Å². The van der Waals surface area contributed by atoms with Crippen LogP contribution in [0.1, 0.15) is 18.5 Å². The van der Waals surface area contributed by atoms with Crippen molar-refractivity contribution in [3.8, 4) is 0 Å². The fourth-order valence-corrected chi connectivity index (χ4v) is 2.56. The number of aromatic nitrogens is 2. The Balaban J connectivity index is 2.18. The summed E-state index contributed by atoms with van der Waals surface area (Å²) in [5.41, 5.74) is 7.81. The summed E-state index contributed by atoms with van der Waals surface area (Å²) in [6.45, 7) is 0. The lowest BCUT2D eigenvalue weighted by Crippen LogP contribution is -2.52.